The summed E-state index contributed by atoms with van der Waals surface area (Å²) >= 11 is 0. The molecule has 0 aliphatic rings. The van der Waals surface area contributed by atoms with Gasteiger partial charge in [-0.15, -0.1) is 12.4 Å². The fourth-order valence-corrected chi connectivity index (χ4v) is 0.300. The number of amides is 1. The van der Waals surface area contributed by atoms with Crippen LogP contribution < -0.4 is 10.8 Å². The topological polar surface area (TPSA) is 86.4 Å². The molecule has 1 amide bonds. The van der Waals surface area contributed by atoms with E-state index in [4.69, 9.17) is 15.0 Å². The zero-order valence-electron chi connectivity index (χ0n) is 7.61. The maximum Gasteiger partial charge on any atom is 0.131 e. The van der Waals surface area contributed by atoms with Gasteiger partial charge in [0.25, 0.3) is 0 Å². The molecule has 0 aliphatic heterocycles. The van der Waals surface area contributed by atoms with E-state index >= 15 is 0 Å². The predicted octanol–water partition coefficient (Wildman–Crippen LogP) is -1.60. The molecule has 12 heavy (non-hydrogen) atoms. The molecule has 3 N–H and O–H groups in total. The number of carbonyl (C=O) groups excluding carboxylic acids is 1. The van der Waals surface area contributed by atoms with E-state index in [0.29, 0.717) is 0 Å². The lowest BCUT2D eigenvalue weighted by molar-refractivity contribution is -0.870. The maximum atomic E-state index is 8.67. The summed E-state index contributed by atoms with van der Waals surface area (Å²) < 4.78 is 0.844. The standard InChI is InChI=1S/C5H14NO.CH3NO2.ClH/c1-6(2,3)4-5-7;2-1(3)4;/h7H,4-5H2,1-3H3;2H2,(H,3,4);1H/q+1;;/p-1. The second-order valence-electron chi connectivity index (χ2n) is 3.06. The lowest BCUT2D eigenvalue weighted by Gasteiger charge is -2.21. The number of quaternary nitrogens is 1. The van der Waals surface area contributed by atoms with Crippen LogP contribution >= 0.6 is 12.4 Å². The van der Waals surface area contributed by atoms with Crippen molar-refractivity contribution >= 4 is 18.5 Å². The van der Waals surface area contributed by atoms with Gasteiger partial charge >= 0.3 is 0 Å². The Bertz CT molecular complexity index is 110. The Morgan fingerprint density at radius 2 is 1.75 bits per heavy atom. The van der Waals surface area contributed by atoms with Crippen LogP contribution in [-0.2, 0) is 0 Å². The molecule has 0 atom stereocenters. The largest absolute Gasteiger partial charge is 0.530 e. The second-order valence-corrected chi connectivity index (χ2v) is 3.06. The van der Waals surface area contributed by atoms with Gasteiger partial charge < -0.3 is 25.2 Å². The molecule has 0 fully saturated rings. The SMILES string of the molecule is C[N+](C)(C)CCO.Cl.NC(=O)[O-]. The third kappa shape index (κ3) is 56.3. The number of hydrogen-bond acceptors (Lipinski definition) is 3. The minimum atomic E-state index is -1.58. The van der Waals surface area contributed by atoms with Gasteiger partial charge in [-0.1, -0.05) is 0 Å². The van der Waals surface area contributed by atoms with Gasteiger partial charge in [-0.3, -0.25) is 0 Å². The number of carbonyl (C=O) groups is 1. The van der Waals surface area contributed by atoms with Crippen molar-refractivity contribution in [3.8, 4) is 0 Å². The number of primary amides is 1. The molecule has 0 aliphatic carbocycles. The van der Waals surface area contributed by atoms with Crippen LogP contribution in [0.25, 0.3) is 0 Å². The molecule has 5 nitrogen and oxygen atoms in total. The molecule has 0 saturated heterocycles. The molecule has 0 aromatic carbocycles. The molecule has 0 radical (unpaired) electrons. The minimum absolute atomic E-state index is 0. The van der Waals surface area contributed by atoms with E-state index in [2.05, 4.69) is 26.9 Å². The van der Waals surface area contributed by atoms with Crippen LogP contribution in [0.3, 0.4) is 0 Å². The van der Waals surface area contributed by atoms with Crippen LogP contribution in [0.15, 0.2) is 0 Å². The van der Waals surface area contributed by atoms with E-state index in [0.717, 1.165) is 11.0 Å². The highest BCUT2D eigenvalue weighted by molar-refractivity contribution is 5.85. The zero-order valence-corrected chi connectivity index (χ0v) is 8.43. The Morgan fingerprint density at radius 1 is 1.50 bits per heavy atom. The molecule has 0 rings (SSSR count). The highest BCUT2D eigenvalue weighted by Crippen LogP contribution is 1.84. The number of likely N-dealkylation sites (N-methyl/N-ethyl adjacent to an activating group) is 1. The lowest BCUT2D eigenvalue weighted by atomic mass is 10.5. The normalized spacial score (nSPS) is 9.00. The summed E-state index contributed by atoms with van der Waals surface area (Å²) in [5.41, 5.74) is 3.92. The number of nitrogens with two attached hydrogens (primary N) is 1. The molecule has 0 unspecified atom stereocenters. The molecule has 0 aromatic rings. The number of halogens is 1. The van der Waals surface area contributed by atoms with Crippen molar-refractivity contribution in [1.29, 1.82) is 0 Å². The van der Waals surface area contributed by atoms with Crippen molar-refractivity contribution < 1.29 is 19.5 Å². The first-order valence-corrected chi connectivity index (χ1v) is 3.17. The predicted molar refractivity (Wildman–Crippen MR) is 46.8 cm³/mol. The highest BCUT2D eigenvalue weighted by atomic mass is 35.5. The minimum Gasteiger partial charge on any atom is -0.530 e. The van der Waals surface area contributed by atoms with Crippen LogP contribution in [0.1, 0.15) is 0 Å². The summed E-state index contributed by atoms with van der Waals surface area (Å²) in [6.07, 6.45) is -1.58. The molecule has 0 spiro atoms. The number of hydrogen-bond donors (Lipinski definition) is 2. The molecule has 0 aromatic heterocycles. The molecule has 0 heterocycles. The fraction of sp³-hybridized carbons (Fsp3) is 0.833. The molecule has 6 heteroatoms. The van der Waals surface area contributed by atoms with Gasteiger partial charge in [0.2, 0.25) is 0 Å². The first-order chi connectivity index (χ1) is 4.79. The number of nitrogens with zero attached hydrogens (tertiary/aromatic N) is 1. The Hall–Kier alpha value is -0.520. The van der Waals surface area contributed by atoms with E-state index in [1.807, 2.05) is 0 Å². The van der Waals surface area contributed by atoms with E-state index in [9.17, 15) is 0 Å². The summed E-state index contributed by atoms with van der Waals surface area (Å²) in [4.78, 5) is 8.67. The van der Waals surface area contributed by atoms with E-state index in [-0.39, 0.29) is 19.0 Å². The van der Waals surface area contributed by atoms with Crippen LogP contribution in [0.4, 0.5) is 4.79 Å². The van der Waals surface area contributed by atoms with E-state index < -0.39 is 6.09 Å². The lowest BCUT2D eigenvalue weighted by Crippen LogP contribution is -2.36. The summed E-state index contributed by atoms with van der Waals surface area (Å²) in [7, 11) is 6.16. The number of carboxylic acid groups (broad SMARTS) is 1. The van der Waals surface area contributed by atoms with Crippen molar-refractivity contribution in [3.05, 3.63) is 0 Å². The third-order valence-electron chi connectivity index (χ3n) is 0.771. The fourth-order valence-electron chi connectivity index (χ4n) is 0.300. The summed E-state index contributed by atoms with van der Waals surface area (Å²) in [5, 5.41) is 17.1. The number of aliphatic hydroxyl groups is 1. The van der Waals surface area contributed by atoms with Crippen LogP contribution in [0, 0.1) is 0 Å². The zero-order chi connectivity index (χ0) is 9.49. The van der Waals surface area contributed by atoms with Crippen molar-refractivity contribution in [2.24, 2.45) is 5.73 Å². The Kier molecular flexibility index (Phi) is 12.5. The van der Waals surface area contributed by atoms with Gasteiger partial charge in [-0.2, -0.15) is 0 Å². The average molecular weight is 201 g/mol. The Morgan fingerprint density at radius 3 is 1.75 bits per heavy atom. The van der Waals surface area contributed by atoms with E-state index in [1.54, 1.807) is 0 Å². The summed E-state index contributed by atoms with van der Waals surface area (Å²) in [5.74, 6) is 0. The third-order valence-corrected chi connectivity index (χ3v) is 0.771. The van der Waals surface area contributed by atoms with Gasteiger partial charge in [0.05, 0.1) is 27.7 Å². The molecular formula is C6H17ClN2O3. The molecule has 0 bridgehead atoms. The second kappa shape index (κ2) is 8.58. The Labute approximate surface area is 78.8 Å². The molecule has 76 valence electrons. The summed E-state index contributed by atoms with van der Waals surface area (Å²) in [6, 6.07) is 0. The first-order valence-electron chi connectivity index (χ1n) is 3.17. The van der Waals surface area contributed by atoms with Gasteiger partial charge in [0.15, 0.2) is 0 Å². The first kappa shape index (κ1) is 17.5. The van der Waals surface area contributed by atoms with Gasteiger partial charge in [0.1, 0.15) is 12.6 Å². The van der Waals surface area contributed by atoms with Gasteiger partial charge in [0, 0.05) is 0 Å². The summed E-state index contributed by atoms with van der Waals surface area (Å²) in [6.45, 7) is 1.11. The van der Waals surface area contributed by atoms with Crippen molar-refractivity contribution in [3.63, 3.8) is 0 Å². The van der Waals surface area contributed by atoms with Gasteiger partial charge in [-0.25, -0.2) is 0 Å². The van der Waals surface area contributed by atoms with E-state index in [1.165, 1.54) is 0 Å². The number of aliphatic hydroxyl groups excluding tert-OH is 1. The van der Waals surface area contributed by atoms with Crippen LogP contribution in [-0.4, -0.2) is 50.0 Å². The Balaban J connectivity index is -0.000000142. The average Bonchev–Trinajstić information content (AvgIpc) is 1.58. The molecule has 0 saturated carbocycles. The smallest absolute Gasteiger partial charge is 0.131 e. The number of rotatable bonds is 2. The van der Waals surface area contributed by atoms with Crippen LogP contribution in [0.2, 0.25) is 0 Å². The van der Waals surface area contributed by atoms with Gasteiger partial charge in [-0.05, 0) is 0 Å². The highest BCUT2D eigenvalue weighted by Gasteiger charge is 2.02. The van der Waals surface area contributed by atoms with Crippen molar-refractivity contribution in [2.75, 3.05) is 34.3 Å². The quantitative estimate of drug-likeness (QED) is 0.527. The van der Waals surface area contributed by atoms with Crippen LogP contribution in [0.5, 0.6) is 0 Å². The maximum absolute atomic E-state index is 8.67. The van der Waals surface area contributed by atoms with Crippen molar-refractivity contribution in [2.45, 2.75) is 0 Å². The monoisotopic (exact) mass is 200 g/mol. The van der Waals surface area contributed by atoms with Crippen molar-refractivity contribution in [1.82, 2.24) is 0 Å². The molecular weight excluding hydrogens is 184 g/mol.